The molecule has 1 heterocycles. The van der Waals surface area contributed by atoms with Crippen LogP contribution in [-0.4, -0.2) is 25.9 Å². The fraction of sp³-hybridized carbons (Fsp3) is 0.615. The summed E-state index contributed by atoms with van der Waals surface area (Å²) < 4.78 is 10.7. The van der Waals surface area contributed by atoms with Gasteiger partial charge in [-0.2, -0.15) is 0 Å². The van der Waals surface area contributed by atoms with Crippen molar-refractivity contribution in [1.82, 2.24) is 0 Å². The number of ether oxygens (including phenoxy) is 2. The summed E-state index contributed by atoms with van der Waals surface area (Å²) in [5, 5.41) is 0. The Morgan fingerprint density at radius 1 is 1.53 bits per heavy atom. The van der Waals surface area contributed by atoms with E-state index in [1.807, 2.05) is 13.0 Å². The standard InChI is InChI=1S/C13H20O3Si/c1-6-13(9-10-17(3,4)5)8-7-12(16-13)15-11(2)14/h7-8,12H,6H2,1-5H3/t12?,13-/m1/s1. The molecule has 0 saturated heterocycles. The lowest BCUT2D eigenvalue weighted by molar-refractivity contribution is -0.173. The first-order valence-corrected chi connectivity index (χ1v) is 9.35. The molecule has 0 aliphatic carbocycles. The number of hydrogen-bond donors (Lipinski definition) is 0. The molecule has 1 unspecified atom stereocenters. The lowest BCUT2D eigenvalue weighted by atomic mass is 10.0. The molecular formula is C13H20O3Si. The number of esters is 1. The second-order valence-electron chi connectivity index (χ2n) is 5.20. The molecule has 1 aliphatic rings. The summed E-state index contributed by atoms with van der Waals surface area (Å²) in [6, 6.07) is 0. The molecule has 0 aromatic rings. The third-order valence-electron chi connectivity index (χ3n) is 2.31. The Bertz CT molecular complexity index is 384. The van der Waals surface area contributed by atoms with Crippen LogP contribution in [0.25, 0.3) is 0 Å². The van der Waals surface area contributed by atoms with Gasteiger partial charge in [0, 0.05) is 6.92 Å². The number of hydrogen-bond acceptors (Lipinski definition) is 3. The third-order valence-corrected chi connectivity index (χ3v) is 3.18. The van der Waals surface area contributed by atoms with Crippen molar-refractivity contribution in [2.45, 2.75) is 51.8 Å². The zero-order valence-electron chi connectivity index (χ0n) is 11.2. The Morgan fingerprint density at radius 2 is 2.18 bits per heavy atom. The topological polar surface area (TPSA) is 35.5 Å². The maximum atomic E-state index is 10.9. The van der Waals surface area contributed by atoms with Crippen LogP contribution >= 0.6 is 0 Å². The van der Waals surface area contributed by atoms with Gasteiger partial charge in [0.25, 0.3) is 0 Å². The maximum Gasteiger partial charge on any atom is 0.305 e. The van der Waals surface area contributed by atoms with Crippen molar-refractivity contribution in [1.29, 1.82) is 0 Å². The van der Waals surface area contributed by atoms with Gasteiger partial charge < -0.3 is 9.47 Å². The van der Waals surface area contributed by atoms with E-state index >= 15 is 0 Å². The van der Waals surface area contributed by atoms with Gasteiger partial charge in [-0.1, -0.05) is 32.5 Å². The molecule has 1 rings (SSSR count). The summed E-state index contributed by atoms with van der Waals surface area (Å²) in [4.78, 5) is 10.9. The van der Waals surface area contributed by atoms with Crippen molar-refractivity contribution >= 4 is 14.0 Å². The van der Waals surface area contributed by atoms with Crippen molar-refractivity contribution in [2.75, 3.05) is 0 Å². The molecule has 3 nitrogen and oxygen atoms in total. The predicted octanol–water partition coefficient (Wildman–Crippen LogP) is 2.49. The van der Waals surface area contributed by atoms with Crippen molar-refractivity contribution in [3.8, 4) is 11.5 Å². The fourth-order valence-electron chi connectivity index (χ4n) is 1.40. The third kappa shape index (κ3) is 4.37. The molecule has 0 N–H and O–H groups in total. The first-order chi connectivity index (χ1) is 7.76. The zero-order valence-corrected chi connectivity index (χ0v) is 12.2. The largest absolute Gasteiger partial charge is 0.432 e. The highest BCUT2D eigenvalue weighted by atomic mass is 28.3. The molecule has 0 bridgehead atoms. The minimum absolute atomic E-state index is 0.343. The van der Waals surface area contributed by atoms with Crippen molar-refractivity contribution in [3.63, 3.8) is 0 Å². The van der Waals surface area contributed by atoms with Crippen molar-refractivity contribution in [3.05, 3.63) is 12.2 Å². The van der Waals surface area contributed by atoms with E-state index in [-0.39, 0.29) is 5.97 Å². The van der Waals surface area contributed by atoms with Gasteiger partial charge in [-0.15, -0.1) is 5.54 Å². The molecule has 94 valence electrons. The summed E-state index contributed by atoms with van der Waals surface area (Å²) in [6.07, 6.45) is 3.81. The second kappa shape index (κ2) is 5.07. The summed E-state index contributed by atoms with van der Waals surface area (Å²) >= 11 is 0. The second-order valence-corrected chi connectivity index (χ2v) is 9.95. The van der Waals surface area contributed by atoms with Gasteiger partial charge in [-0.3, -0.25) is 4.79 Å². The maximum absolute atomic E-state index is 10.9. The molecule has 1 aliphatic heterocycles. The van der Waals surface area contributed by atoms with Crippen LogP contribution in [0.3, 0.4) is 0 Å². The van der Waals surface area contributed by atoms with Crippen LogP contribution in [-0.2, 0) is 14.3 Å². The Labute approximate surface area is 104 Å². The Morgan fingerprint density at radius 3 is 2.65 bits per heavy atom. The molecule has 0 aromatic heterocycles. The summed E-state index contributed by atoms with van der Waals surface area (Å²) in [5.74, 6) is 2.86. The van der Waals surface area contributed by atoms with Gasteiger partial charge in [0.2, 0.25) is 6.29 Å². The van der Waals surface area contributed by atoms with Crippen LogP contribution < -0.4 is 0 Å². The molecule has 0 aromatic carbocycles. The first-order valence-electron chi connectivity index (χ1n) is 5.85. The van der Waals surface area contributed by atoms with E-state index in [0.717, 1.165) is 6.42 Å². The minimum Gasteiger partial charge on any atom is -0.432 e. The average Bonchev–Trinajstić information content (AvgIpc) is 2.58. The van der Waals surface area contributed by atoms with Crippen LogP contribution in [0.15, 0.2) is 12.2 Å². The molecule has 0 saturated carbocycles. The molecule has 0 spiro atoms. The Kier molecular flexibility index (Phi) is 4.18. The van der Waals surface area contributed by atoms with Crippen LogP contribution in [0.5, 0.6) is 0 Å². The first kappa shape index (κ1) is 14.0. The van der Waals surface area contributed by atoms with E-state index in [1.165, 1.54) is 6.92 Å². The minimum atomic E-state index is -1.42. The molecular weight excluding hydrogens is 232 g/mol. The van der Waals surface area contributed by atoms with Gasteiger partial charge in [0.05, 0.1) is 0 Å². The van der Waals surface area contributed by atoms with Crippen molar-refractivity contribution < 1.29 is 14.3 Å². The number of carbonyl (C=O) groups is 1. The quantitative estimate of drug-likeness (QED) is 0.328. The van der Waals surface area contributed by atoms with Crippen LogP contribution in [0.2, 0.25) is 19.6 Å². The molecule has 2 atom stereocenters. The summed E-state index contributed by atoms with van der Waals surface area (Å²) in [7, 11) is -1.42. The van der Waals surface area contributed by atoms with Crippen LogP contribution in [0, 0.1) is 11.5 Å². The molecule has 17 heavy (non-hydrogen) atoms. The van der Waals surface area contributed by atoms with Gasteiger partial charge in [-0.05, 0) is 18.6 Å². The monoisotopic (exact) mass is 252 g/mol. The normalized spacial score (nSPS) is 27.5. The highest BCUT2D eigenvalue weighted by molar-refractivity contribution is 6.83. The van der Waals surface area contributed by atoms with E-state index in [4.69, 9.17) is 9.47 Å². The van der Waals surface area contributed by atoms with E-state index < -0.39 is 20.0 Å². The predicted molar refractivity (Wildman–Crippen MR) is 69.9 cm³/mol. The molecule has 0 fully saturated rings. The molecule has 0 amide bonds. The zero-order chi connectivity index (χ0) is 13.1. The molecule has 0 radical (unpaired) electrons. The van der Waals surface area contributed by atoms with Crippen molar-refractivity contribution in [2.24, 2.45) is 0 Å². The van der Waals surface area contributed by atoms with E-state index in [1.54, 1.807) is 6.08 Å². The van der Waals surface area contributed by atoms with Gasteiger partial charge in [-0.25, -0.2) is 0 Å². The fourth-order valence-corrected chi connectivity index (χ4v) is 1.99. The lowest BCUT2D eigenvalue weighted by Gasteiger charge is -2.22. The van der Waals surface area contributed by atoms with E-state index in [9.17, 15) is 4.79 Å². The Balaban J connectivity index is 2.77. The van der Waals surface area contributed by atoms with Gasteiger partial charge in [0.1, 0.15) is 8.07 Å². The van der Waals surface area contributed by atoms with E-state index in [2.05, 4.69) is 31.1 Å². The van der Waals surface area contributed by atoms with Crippen LogP contribution in [0.4, 0.5) is 0 Å². The SMILES string of the molecule is CC[C@]1(C#C[Si](C)(C)C)C=CC(OC(C)=O)O1. The van der Waals surface area contributed by atoms with Crippen LogP contribution in [0.1, 0.15) is 20.3 Å². The highest BCUT2D eigenvalue weighted by Crippen LogP contribution is 2.27. The van der Waals surface area contributed by atoms with Gasteiger partial charge >= 0.3 is 5.97 Å². The summed E-state index contributed by atoms with van der Waals surface area (Å²) in [6.45, 7) is 9.94. The molecule has 4 heteroatoms. The average molecular weight is 252 g/mol. The lowest BCUT2D eigenvalue weighted by Crippen LogP contribution is -2.30. The smallest absolute Gasteiger partial charge is 0.305 e. The summed E-state index contributed by atoms with van der Waals surface area (Å²) in [5.41, 5.74) is 2.72. The van der Waals surface area contributed by atoms with E-state index in [0.29, 0.717) is 0 Å². The Hall–Kier alpha value is -1.05. The number of carbonyl (C=O) groups excluding carboxylic acids is 1. The number of rotatable bonds is 2. The van der Waals surface area contributed by atoms with Gasteiger partial charge in [0.15, 0.2) is 5.60 Å². The highest BCUT2D eigenvalue weighted by Gasteiger charge is 2.34.